The van der Waals surface area contributed by atoms with E-state index in [9.17, 15) is 3.08 Å². The van der Waals surface area contributed by atoms with Gasteiger partial charge in [-0.05, 0) is 0 Å². The van der Waals surface area contributed by atoms with Gasteiger partial charge in [-0.25, -0.2) is 0 Å². The molecule has 0 aromatic heterocycles. The first-order chi connectivity index (χ1) is 7.35. The molecule has 0 N–H and O–H groups in total. The summed E-state index contributed by atoms with van der Waals surface area (Å²) in [5.41, 5.74) is 0. The van der Waals surface area contributed by atoms with Gasteiger partial charge in [0.25, 0.3) is 0 Å². The van der Waals surface area contributed by atoms with E-state index in [0.29, 0.717) is 6.10 Å². The summed E-state index contributed by atoms with van der Waals surface area (Å²) >= 11 is -1.70. The molecule has 0 heterocycles. The fraction of sp³-hybridized carbons (Fsp3) is 1.00. The van der Waals surface area contributed by atoms with Gasteiger partial charge in [0.1, 0.15) is 0 Å². The Balaban J connectivity index is 3.42. The Kier molecular flexibility index (Phi) is 13.1. The molecule has 0 saturated carbocycles. The van der Waals surface area contributed by atoms with E-state index >= 15 is 0 Å². The van der Waals surface area contributed by atoms with Crippen molar-refractivity contribution in [1.29, 1.82) is 0 Å². The van der Waals surface area contributed by atoms with E-state index < -0.39 is 21.5 Å². The van der Waals surface area contributed by atoms with Crippen molar-refractivity contribution in [3.8, 4) is 0 Å². The van der Waals surface area contributed by atoms with Crippen LogP contribution in [0.5, 0.6) is 0 Å². The predicted molar refractivity (Wildman–Crippen MR) is 64.2 cm³/mol. The van der Waals surface area contributed by atoms with E-state index in [1.165, 1.54) is 44.9 Å². The van der Waals surface area contributed by atoms with Crippen molar-refractivity contribution in [3.05, 3.63) is 0 Å². The van der Waals surface area contributed by atoms with E-state index in [-0.39, 0.29) is 0 Å². The molecule has 0 rings (SSSR count). The van der Waals surface area contributed by atoms with Crippen LogP contribution >= 0.6 is 0 Å². The third-order valence-corrected chi connectivity index (χ3v) is 3.95. The van der Waals surface area contributed by atoms with Crippen LogP contribution in [0, 0.1) is 0 Å². The molecule has 0 aliphatic rings. The zero-order chi connectivity index (χ0) is 11.4. The van der Waals surface area contributed by atoms with Crippen molar-refractivity contribution in [1.82, 2.24) is 0 Å². The van der Waals surface area contributed by atoms with E-state index in [0.717, 1.165) is 12.8 Å². The maximum atomic E-state index is 10.6. The topological polar surface area (TPSA) is 26.3 Å². The quantitative estimate of drug-likeness (QED) is 0.426. The van der Waals surface area contributed by atoms with E-state index in [1.807, 2.05) is 0 Å². The molecule has 2 nitrogen and oxygen atoms in total. The molecule has 1 radical (unpaired) electrons. The average Bonchev–Trinajstić information content (AvgIpc) is 2.25. The minimum atomic E-state index is -1.70. The van der Waals surface area contributed by atoms with Gasteiger partial charge in [-0.15, -0.1) is 0 Å². The molecular formula is C12H25O2Sn. The van der Waals surface area contributed by atoms with Crippen LogP contribution in [-0.4, -0.2) is 27.6 Å². The third kappa shape index (κ3) is 10.8. The second-order valence-electron chi connectivity index (χ2n) is 4.17. The van der Waals surface area contributed by atoms with E-state index in [1.54, 1.807) is 0 Å². The molecule has 3 heteroatoms. The molecule has 0 spiro atoms. The Bertz CT molecular complexity index is 140. The molecular weight excluding hydrogens is 295 g/mol. The summed E-state index contributed by atoms with van der Waals surface area (Å²) in [5.74, 6) is 0. The first kappa shape index (κ1) is 15.6. The molecule has 0 aliphatic carbocycles. The van der Waals surface area contributed by atoms with Crippen LogP contribution in [0.3, 0.4) is 0 Å². The van der Waals surface area contributed by atoms with Gasteiger partial charge >= 0.3 is 105 Å². The SMILES string of the molecule is CCCCCCCC(CCCC)[O][Sn]=[O]. The van der Waals surface area contributed by atoms with Gasteiger partial charge in [0.15, 0.2) is 0 Å². The average molecular weight is 320 g/mol. The van der Waals surface area contributed by atoms with E-state index in [4.69, 9.17) is 3.07 Å². The van der Waals surface area contributed by atoms with Crippen molar-refractivity contribution in [2.45, 2.75) is 77.7 Å². The summed E-state index contributed by atoms with van der Waals surface area (Å²) in [6.07, 6.45) is 11.5. The van der Waals surface area contributed by atoms with Gasteiger partial charge < -0.3 is 0 Å². The molecule has 0 saturated heterocycles. The Hall–Kier alpha value is 0.559. The molecule has 15 heavy (non-hydrogen) atoms. The van der Waals surface area contributed by atoms with Gasteiger partial charge in [-0.3, -0.25) is 0 Å². The van der Waals surface area contributed by atoms with Crippen molar-refractivity contribution in [2.24, 2.45) is 0 Å². The second kappa shape index (κ2) is 12.6. The number of hydrogen-bond donors (Lipinski definition) is 0. The summed E-state index contributed by atoms with van der Waals surface area (Å²) < 4.78 is 16.0. The van der Waals surface area contributed by atoms with Gasteiger partial charge in [-0.2, -0.15) is 0 Å². The van der Waals surface area contributed by atoms with E-state index in [2.05, 4.69) is 13.8 Å². The minimum absolute atomic E-state index is 0.302. The van der Waals surface area contributed by atoms with Gasteiger partial charge in [0.2, 0.25) is 0 Å². The fourth-order valence-corrected chi connectivity index (χ4v) is 2.80. The first-order valence-electron chi connectivity index (χ1n) is 6.37. The monoisotopic (exact) mass is 321 g/mol. The Labute approximate surface area is 105 Å². The zero-order valence-corrected chi connectivity index (χ0v) is 13.1. The molecule has 0 aliphatic heterocycles. The summed E-state index contributed by atoms with van der Waals surface area (Å²) in [5, 5.41) is 0. The van der Waals surface area contributed by atoms with Crippen molar-refractivity contribution in [2.75, 3.05) is 0 Å². The van der Waals surface area contributed by atoms with Crippen LogP contribution in [0.1, 0.15) is 71.6 Å². The fourth-order valence-electron chi connectivity index (χ4n) is 1.74. The summed E-state index contributed by atoms with van der Waals surface area (Å²) in [7, 11) is 0. The zero-order valence-electron chi connectivity index (χ0n) is 10.3. The molecule has 1 unspecified atom stereocenters. The third-order valence-electron chi connectivity index (χ3n) is 2.72. The maximum absolute atomic E-state index is 10.6. The van der Waals surface area contributed by atoms with Crippen LogP contribution in [-0.2, 0) is 6.15 Å². The summed E-state index contributed by atoms with van der Waals surface area (Å²) in [4.78, 5) is 0. The Morgan fingerprint density at radius 3 is 2.13 bits per heavy atom. The van der Waals surface area contributed by atoms with Crippen LogP contribution < -0.4 is 0 Å². The number of rotatable bonds is 11. The number of unbranched alkanes of at least 4 members (excludes halogenated alkanes) is 5. The van der Waals surface area contributed by atoms with Crippen LogP contribution in [0.4, 0.5) is 0 Å². The van der Waals surface area contributed by atoms with Gasteiger partial charge in [0, 0.05) is 0 Å². The normalized spacial score (nSPS) is 12.7. The summed E-state index contributed by atoms with van der Waals surface area (Å²) in [6, 6.07) is 0. The Morgan fingerprint density at radius 1 is 0.933 bits per heavy atom. The summed E-state index contributed by atoms with van der Waals surface area (Å²) in [6.45, 7) is 4.42. The molecule has 0 aromatic rings. The second-order valence-corrected chi connectivity index (χ2v) is 5.32. The first-order valence-corrected chi connectivity index (χ1v) is 8.71. The predicted octanol–water partition coefficient (Wildman–Crippen LogP) is 3.89. The van der Waals surface area contributed by atoms with Gasteiger partial charge in [0.05, 0.1) is 0 Å². The molecule has 0 amide bonds. The van der Waals surface area contributed by atoms with Gasteiger partial charge in [-0.1, -0.05) is 0 Å². The molecule has 0 aromatic carbocycles. The van der Waals surface area contributed by atoms with Crippen LogP contribution in [0.2, 0.25) is 0 Å². The molecule has 89 valence electrons. The standard InChI is InChI=1S/C12H25O.O.Sn/c1-3-5-7-8-9-11-12(13)10-6-4-2;;/h12H,3-11H2,1-2H3;;/q-1;;+1. The van der Waals surface area contributed by atoms with Crippen molar-refractivity contribution < 1.29 is 6.15 Å². The Morgan fingerprint density at radius 2 is 1.53 bits per heavy atom. The molecule has 1 atom stereocenters. The molecule has 0 bridgehead atoms. The molecule has 0 fully saturated rings. The van der Waals surface area contributed by atoms with Crippen LogP contribution in [0.25, 0.3) is 0 Å². The number of hydrogen-bond acceptors (Lipinski definition) is 2. The van der Waals surface area contributed by atoms with Crippen LogP contribution in [0.15, 0.2) is 0 Å². The van der Waals surface area contributed by atoms with Crippen molar-refractivity contribution >= 4 is 21.5 Å². The van der Waals surface area contributed by atoms with Crippen molar-refractivity contribution in [3.63, 3.8) is 0 Å².